The van der Waals surface area contributed by atoms with E-state index in [0.717, 1.165) is 16.8 Å². The number of H-pyrrole nitrogens is 1. The minimum atomic E-state index is -0.0334. The molecule has 0 aliphatic carbocycles. The Bertz CT molecular complexity index is 634. The maximum absolute atomic E-state index is 11.8. The van der Waals surface area contributed by atoms with Gasteiger partial charge in [-0.2, -0.15) is 0 Å². The van der Waals surface area contributed by atoms with E-state index in [-0.39, 0.29) is 5.56 Å². The molecule has 0 spiro atoms. The molecule has 92 valence electrons. The van der Waals surface area contributed by atoms with E-state index in [1.54, 1.807) is 0 Å². The molecule has 2 heterocycles. The lowest BCUT2D eigenvalue weighted by Gasteiger charge is -2.04. The third-order valence-corrected chi connectivity index (χ3v) is 3.28. The SMILES string of the molecule is O=c1[nH]c(Cc2ccc(Cl)cc2)nc2c1CNC2. The summed E-state index contributed by atoms with van der Waals surface area (Å²) in [5.41, 5.74) is 2.67. The fraction of sp³-hybridized carbons (Fsp3) is 0.231. The van der Waals surface area contributed by atoms with Gasteiger partial charge in [-0.3, -0.25) is 4.79 Å². The molecule has 18 heavy (non-hydrogen) atoms. The molecule has 5 heteroatoms. The van der Waals surface area contributed by atoms with Crippen molar-refractivity contribution in [1.29, 1.82) is 0 Å². The molecule has 0 unspecified atom stereocenters. The molecule has 0 saturated heterocycles. The Morgan fingerprint density at radius 1 is 1.22 bits per heavy atom. The number of halogens is 1. The van der Waals surface area contributed by atoms with Gasteiger partial charge in [-0.05, 0) is 17.7 Å². The van der Waals surface area contributed by atoms with Crippen molar-refractivity contribution in [2.75, 3.05) is 0 Å². The van der Waals surface area contributed by atoms with Crippen LogP contribution in [0.15, 0.2) is 29.1 Å². The second-order valence-electron chi connectivity index (χ2n) is 4.34. The first-order valence-electron chi connectivity index (χ1n) is 5.78. The number of aromatic amines is 1. The van der Waals surface area contributed by atoms with Gasteiger partial charge in [-0.1, -0.05) is 23.7 Å². The van der Waals surface area contributed by atoms with Crippen LogP contribution in [0, 0.1) is 0 Å². The lowest BCUT2D eigenvalue weighted by Crippen LogP contribution is -2.17. The van der Waals surface area contributed by atoms with E-state index in [2.05, 4.69) is 15.3 Å². The lowest BCUT2D eigenvalue weighted by atomic mass is 10.1. The third kappa shape index (κ3) is 2.17. The normalized spacial score (nSPS) is 13.6. The molecule has 1 aliphatic rings. The summed E-state index contributed by atoms with van der Waals surface area (Å²) >= 11 is 5.83. The molecule has 1 aliphatic heterocycles. The van der Waals surface area contributed by atoms with Gasteiger partial charge in [-0.25, -0.2) is 4.98 Å². The highest BCUT2D eigenvalue weighted by molar-refractivity contribution is 6.30. The highest BCUT2D eigenvalue weighted by Gasteiger charge is 2.16. The van der Waals surface area contributed by atoms with Crippen LogP contribution in [0.5, 0.6) is 0 Å². The highest BCUT2D eigenvalue weighted by atomic mass is 35.5. The van der Waals surface area contributed by atoms with Crippen LogP contribution in [0.25, 0.3) is 0 Å². The average molecular weight is 262 g/mol. The summed E-state index contributed by atoms with van der Waals surface area (Å²) < 4.78 is 0. The molecule has 0 bridgehead atoms. The summed E-state index contributed by atoms with van der Waals surface area (Å²) in [4.78, 5) is 19.1. The second kappa shape index (κ2) is 4.55. The minimum Gasteiger partial charge on any atom is -0.310 e. The number of hydrogen-bond donors (Lipinski definition) is 2. The molecule has 4 nitrogen and oxygen atoms in total. The lowest BCUT2D eigenvalue weighted by molar-refractivity contribution is 0.755. The summed E-state index contributed by atoms with van der Waals surface area (Å²) in [6, 6.07) is 7.55. The van der Waals surface area contributed by atoms with Gasteiger partial charge in [0.25, 0.3) is 5.56 Å². The zero-order chi connectivity index (χ0) is 12.5. The monoisotopic (exact) mass is 261 g/mol. The van der Waals surface area contributed by atoms with Crippen molar-refractivity contribution in [3.63, 3.8) is 0 Å². The molecule has 0 saturated carbocycles. The molecule has 0 fully saturated rings. The van der Waals surface area contributed by atoms with Gasteiger partial charge in [0.1, 0.15) is 5.82 Å². The standard InChI is InChI=1S/C13H12ClN3O/c14-9-3-1-8(2-4-9)5-12-16-11-7-15-6-10(11)13(18)17-12/h1-4,15H,5-7H2,(H,16,17,18). The quantitative estimate of drug-likeness (QED) is 0.864. The number of nitrogens with one attached hydrogen (secondary N) is 2. The van der Waals surface area contributed by atoms with E-state index in [9.17, 15) is 4.79 Å². The van der Waals surface area contributed by atoms with Gasteiger partial charge in [-0.15, -0.1) is 0 Å². The average Bonchev–Trinajstić information content (AvgIpc) is 2.81. The number of aromatic nitrogens is 2. The molecule has 2 N–H and O–H groups in total. The Kier molecular flexibility index (Phi) is 2.89. The predicted molar refractivity (Wildman–Crippen MR) is 69.7 cm³/mol. The van der Waals surface area contributed by atoms with Crippen molar-refractivity contribution < 1.29 is 0 Å². The van der Waals surface area contributed by atoms with Crippen molar-refractivity contribution in [3.8, 4) is 0 Å². The number of rotatable bonds is 2. The van der Waals surface area contributed by atoms with Crippen LogP contribution in [-0.4, -0.2) is 9.97 Å². The van der Waals surface area contributed by atoms with E-state index < -0.39 is 0 Å². The van der Waals surface area contributed by atoms with E-state index in [0.29, 0.717) is 30.4 Å². The van der Waals surface area contributed by atoms with Crippen molar-refractivity contribution in [2.45, 2.75) is 19.5 Å². The van der Waals surface area contributed by atoms with Crippen molar-refractivity contribution in [2.24, 2.45) is 0 Å². The topological polar surface area (TPSA) is 57.8 Å². The van der Waals surface area contributed by atoms with Gasteiger partial charge in [0, 0.05) is 24.5 Å². The summed E-state index contributed by atoms with van der Waals surface area (Å²) in [5.74, 6) is 0.699. The second-order valence-corrected chi connectivity index (χ2v) is 4.78. The van der Waals surface area contributed by atoms with Crippen molar-refractivity contribution in [3.05, 3.63) is 62.3 Å². The van der Waals surface area contributed by atoms with Crippen LogP contribution < -0.4 is 10.9 Å². The first-order valence-corrected chi connectivity index (χ1v) is 6.16. The number of hydrogen-bond acceptors (Lipinski definition) is 3. The fourth-order valence-corrected chi connectivity index (χ4v) is 2.24. The van der Waals surface area contributed by atoms with Gasteiger partial charge < -0.3 is 10.3 Å². The first kappa shape index (κ1) is 11.4. The summed E-state index contributed by atoms with van der Waals surface area (Å²) in [7, 11) is 0. The largest absolute Gasteiger partial charge is 0.310 e. The van der Waals surface area contributed by atoms with Gasteiger partial charge in [0.2, 0.25) is 0 Å². The van der Waals surface area contributed by atoms with Gasteiger partial charge in [0.15, 0.2) is 0 Å². The zero-order valence-corrected chi connectivity index (χ0v) is 10.4. The van der Waals surface area contributed by atoms with Crippen LogP contribution in [0.4, 0.5) is 0 Å². The van der Waals surface area contributed by atoms with Crippen LogP contribution in [0.2, 0.25) is 5.02 Å². The zero-order valence-electron chi connectivity index (χ0n) is 9.66. The van der Waals surface area contributed by atoms with Crippen LogP contribution >= 0.6 is 11.6 Å². The molecule has 0 amide bonds. The Balaban J connectivity index is 1.92. The Morgan fingerprint density at radius 2 is 2.00 bits per heavy atom. The molecular weight excluding hydrogens is 250 g/mol. The molecule has 1 aromatic heterocycles. The highest BCUT2D eigenvalue weighted by Crippen LogP contribution is 2.13. The van der Waals surface area contributed by atoms with Gasteiger partial charge >= 0.3 is 0 Å². The van der Waals surface area contributed by atoms with E-state index in [1.165, 1.54) is 0 Å². The third-order valence-electron chi connectivity index (χ3n) is 3.03. The first-order chi connectivity index (χ1) is 8.72. The van der Waals surface area contributed by atoms with Crippen molar-refractivity contribution in [1.82, 2.24) is 15.3 Å². The van der Waals surface area contributed by atoms with Crippen LogP contribution in [0.3, 0.4) is 0 Å². The number of fused-ring (bicyclic) bond motifs is 1. The minimum absolute atomic E-state index is 0.0334. The molecular formula is C13H12ClN3O. The molecule has 1 aromatic carbocycles. The maximum Gasteiger partial charge on any atom is 0.255 e. The van der Waals surface area contributed by atoms with Crippen molar-refractivity contribution >= 4 is 11.6 Å². The summed E-state index contributed by atoms with van der Waals surface area (Å²) in [6.07, 6.45) is 0.611. The van der Waals surface area contributed by atoms with E-state index >= 15 is 0 Å². The fourth-order valence-electron chi connectivity index (χ4n) is 2.11. The number of nitrogens with zero attached hydrogens (tertiary/aromatic N) is 1. The Hall–Kier alpha value is -1.65. The summed E-state index contributed by atoms with van der Waals surface area (Å²) in [6.45, 7) is 1.28. The molecule has 2 aromatic rings. The molecule has 0 radical (unpaired) electrons. The molecule has 0 atom stereocenters. The smallest absolute Gasteiger partial charge is 0.255 e. The Labute approximate surface area is 109 Å². The molecule has 3 rings (SSSR count). The summed E-state index contributed by atoms with van der Waals surface area (Å²) in [5, 5.41) is 3.83. The maximum atomic E-state index is 11.8. The van der Waals surface area contributed by atoms with E-state index in [1.807, 2.05) is 24.3 Å². The Morgan fingerprint density at radius 3 is 2.78 bits per heavy atom. The van der Waals surface area contributed by atoms with Gasteiger partial charge in [0.05, 0.1) is 11.3 Å². The van der Waals surface area contributed by atoms with Crippen LogP contribution in [-0.2, 0) is 19.5 Å². The predicted octanol–water partition coefficient (Wildman–Crippen LogP) is 1.62. The van der Waals surface area contributed by atoms with Crippen LogP contribution in [0.1, 0.15) is 22.6 Å². The van der Waals surface area contributed by atoms with E-state index in [4.69, 9.17) is 11.6 Å². The number of benzene rings is 1.